The van der Waals surface area contributed by atoms with Gasteiger partial charge in [0.25, 0.3) is 0 Å². The van der Waals surface area contributed by atoms with E-state index in [0.29, 0.717) is 0 Å². The zero-order chi connectivity index (χ0) is 10.4. The van der Waals surface area contributed by atoms with Gasteiger partial charge in [0.1, 0.15) is 0 Å². The molecule has 83 valence electrons. The van der Waals surface area contributed by atoms with Crippen LogP contribution in [0.3, 0.4) is 0 Å². The van der Waals surface area contributed by atoms with E-state index < -0.39 is 0 Å². The van der Waals surface area contributed by atoms with Gasteiger partial charge in [0.15, 0.2) is 0 Å². The van der Waals surface area contributed by atoms with Gasteiger partial charge >= 0.3 is 0 Å². The number of benzene rings is 1. The molecule has 2 heterocycles. The van der Waals surface area contributed by atoms with Crippen molar-refractivity contribution in [3.8, 4) is 0 Å². The van der Waals surface area contributed by atoms with E-state index in [0.717, 1.165) is 16.7 Å². The number of nitrogens with zero attached hydrogens (tertiary/aromatic N) is 2. The number of aromatic nitrogens is 2. The Morgan fingerprint density at radius 3 is 2.94 bits per heavy atom. The normalized spacial score (nSPS) is 10.6. The number of hydrogen-bond acceptors (Lipinski definition) is 1. The number of imidazole rings is 1. The Morgan fingerprint density at radius 2 is 2.12 bits per heavy atom. The van der Waals surface area contributed by atoms with Gasteiger partial charge in [-0.2, -0.15) is 0 Å². The molecular weight excluding hydrogens is 376 g/mol. The molecule has 0 bridgehead atoms. The van der Waals surface area contributed by atoms with Gasteiger partial charge in [-0.3, -0.25) is 4.98 Å². The molecule has 3 rings (SSSR count). The van der Waals surface area contributed by atoms with Gasteiger partial charge in [0, 0.05) is 32.0 Å². The van der Waals surface area contributed by atoms with Crippen LogP contribution in [0.4, 0.5) is 0 Å². The van der Waals surface area contributed by atoms with Crippen molar-refractivity contribution in [2.45, 2.75) is 13.8 Å². The first-order valence-corrected chi connectivity index (χ1v) is 5.00. The SMILES string of the molecule is Cc1c[c-]c2c(ccn3cc(C)nc23)c1.[Ir]. The smallest absolute Gasteiger partial charge is 0.0606 e. The minimum Gasteiger partial charge on any atom is -0.347 e. The van der Waals surface area contributed by atoms with Crippen molar-refractivity contribution in [1.82, 2.24) is 9.38 Å². The van der Waals surface area contributed by atoms with Gasteiger partial charge < -0.3 is 4.40 Å². The van der Waals surface area contributed by atoms with Crippen LogP contribution in [0.2, 0.25) is 0 Å². The van der Waals surface area contributed by atoms with E-state index in [1.54, 1.807) is 0 Å². The topological polar surface area (TPSA) is 17.3 Å². The van der Waals surface area contributed by atoms with Crippen LogP contribution in [-0.2, 0) is 20.1 Å². The Kier molecular flexibility index (Phi) is 2.83. The van der Waals surface area contributed by atoms with Gasteiger partial charge in [-0.25, -0.2) is 0 Å². The second kappa shape index (κ2) is 4.00. The molecular formula is C13H11IrN2-. The number of rotatable bonds is 0. The van der Waals surface area contributed by atoms with Gasteiger partial charge in [-0.05, 0) is 13.1 Å². The zero-order valence-electron chi connectivity index (χ0n) is 9.11. The summed E-state index contributed by atoms with van der Waals surface area (Å²) in [4.78, 5) is 4.50. The van der Waals surface area contributed by atoms with Crippen molar-refractivity contribution in [3.63, 3.8) is 0 Å². The third-order valence-electron chi connectivity index (χ3n) is 2.61. The Bertz CT molecular complexity index is 655. The van der Waals surface area contributed by atoms with Crippen molar-refractivity contribution < 1.29 is 20.1 Å². The van der Waals surface area contributed by atoms with E-state index in [-0.39, 0.29) is 20.1 Å². The zero-order valence-corrected chi connectivity index (χ0v) is 11.5. The minimum atomic E-state index is 0. The molecule has 3 aromatic rings. The second-order valence-electron chi connectivity index (χ2n) is 3.94. The quantitative estimate of drug-likeness (QED) is 0.542. The first kappa shape index (κ1) is 11.3. The molecule has 0 saturated carbocycles. The van der Waals surface area contributed by atoms with Crippen molar-refractivity contribution in [3.05, 3.63) is 47.9 Å². The molecule has 0 aliphatic rings. The fourth-order valence-corrected chi connectivity index (χ4v) is 1.93. The van der Waals surface area contributed by atoms with Crippen molar-refractivity contribution in [1.29, 1.82) is 0 Å². The number of aryl methyl sites for hydroxylation is 2. The summed E-state index contributed by atoms with van der Waals surface area (Å²) in [5.41, 5.74) is 3.26. The molecule has 0 unspecified atom stereocenters. The molecule has 3 heteroatoms. The van der Waals surface area contributed by atoms with Gasteiger partial charge in [-0.1, -0.05) is 13.0 Å². The minimum absolute atomic E-state index is 0. The van der Waals surface area contributed by atoms with Gasteiger partial charge in [-0.15, -0.1) is 34.5 Å². The fourth-order valence-electron chi connectivity index (χ4n) is 1.93. The van der Waals surface area contributed by atoms with E-state index in [9.17, 15) is 0 Å². The van der Waals surface area contributed by atoms with Crippen LogP contribution in [0, 0.1) is 19.9 Å². The first-order chi connectivity index (χ1) is 7.24. The molecule has 0 spiro atoms. The van der Waals surface area contributed by atoms with Crippen LogP contribution in [0.5, 0.6) is 0 Å². The summed E-state index contributed by atoms with van der Waals surface area (Å²) in [6.07, 6.45) is 4.08. The summed E-state index contributed by atoms with van der Waals surface area (Å²) in [5, 5.41) is 2.30. The molecule has 0 saturated heterocycles. The number of pyridine rings is 1. The molecule has 1 radical (unpaired) electrons. The summed E-state index contributed by atoms with van der Waals surface area (Å²) in [6.45, 7) is 4.09. The van der Waals surface area contributed by atoms with Crippen LogP contribution in [-0.4, -0.2) is 9.38 Å². The summed E-state index contributed by atoms with van der Waals surface area (Å²) in [6, 6.07) is 9.57. The van der Waals surface area contributed by atoms with E-state index >= 15 is 0 Å². The van der Waals surface area contributed by atoms with E-state index in [4.69, 9.17) is 0 Å². The predicted molar refractivity (Wildman–Crippen MR) is 61.0 cm³/mol. The summed E-state index contributed by atoms with van der Waals surface area (Å²) in [7, 11) is 0. The maximum absolute atomic E-state index is 4.50. The van der Waals surface area contributed by atoms with Crippen LogP contribution >= 0.6 is 0 Å². The van der Waals surface area contributed by atoms with Gasteiger partial charge in [0.2, 0.25) is 0 Å². The average Bonchev–Trinajstić information content (AvgIpc) is 2.58. The molecule has 2 aromatic heterocycles. The van der Waals surface area contributed by atoms with Crippen LogP contribution < -0.4 is 0 Å². The molecule has 0 N–H and O–H groups in total. The summed E-state index contributed by atoms with van der Waals surface area (Å²) in [5.74, 6) is 0. The standard InChI is InChI=1S/C13H11N2.Ir/c1-9-3-4-12-11(7-9)5-6-15-8-10(2)14-13(12)15;/h3,5-8H,1-2H3;/q-1;. The monoisotopic (exact) mass is 388 g/mol. The summed E-state index contributed by atoms with van der Waals surface area (Å²) < 4.78 is 2.05. The van der Waals surface area contributed by atoms with E-state index in [1.165, 1.54) is 10.9 Å². The predicted octanol–water partition coefficient (Wildman–Crippen LogP) is 2.90. The second-order valence-corrected chi connectivity index (χ2v) is 3.94. The largest absolute Gasteiger partial charge is 0.347 e. The average molecular weight is 387 g/mol. The van der Waals surface area contributed by atoms with Crippen LogP contribution in [0.1, 0.15) is 11.3 Å². The molecule has 0 atom stereocenters. The van der Waals surface area contributed by atoms with Crippen molar-refractivity contribution in [2.75, 3.05) is 0 Å². The van der Waals surface area contributed by atoms with Crippen molar-refractivity contribution >= 4 is 16.4 Å². The molecule has 0 aliphatic heterocycles. The van der Waals surface area contributed by atoms with Crippen LogP contribution in [0.25, 0.3) is 16.4 Å². The van der Waals surface area contributed by atoms with Crippen LogP contribution in [0.15, 0.2) is 30.6 Å². The van der Waals surface area contributed by atoms with E-state index in [2.05, 4.69) is 30.1 Å². The summed E-state index contributed by atoms with van der Waals surface area (Å²) >= 11 is 0. The number of fused-ring (bicyclic) bond motifs is 3. The Labute approximate surface area is 108 Å². The van der Waals surface area contributed by atoms with Gasteiger partial charge in [0.05, 0.1) is 5.65 Å². The molecule has 16 heavy (non-hydrogen) atoms. The number of hydrogen-bond donors (Lipinski definition) is 0. The van der Waals surface area contributed by atoms with Crippen molar-refractivity contribution in [2.24, 2.45) is 0 Å². The third kappa shape index (κ3) is 1.66. The third-order valence-corrected chi connectivity index (χ3v) is 2.61. The first-order valence-electron chi connectivity index (χ1n) is 5.00. The Balaban J connectivity index is 0.000000963. The maximum atomic E-state index is 4.50. The molecule has 0 amide bonds. The molecule has 1 aromatic carbocycles. The fraction of sp³-hybridized carbons (Fsp3) is 0.154. The maximum Gasteiger partial charge on any atom is 0.0606 e. The molecule has 0 fully saturated rings. The molecule has 0 aliphatic carbocycles. The Morgan fingerprint density at radius 1 is 1.31 bits per heavy atom. The Hall–Kier alpha value is -1.18. The van der Waals surface area contributed by atoms with E-state index in [1.807, 2.05) is 29.8 Å². The molecule has 2 nitrogen and oxygen atoms in total.